The van der Waals surface area contributed by atoms with Crippen molar-refractivity contribution in [1.29, 1.82) is 0 Å². The van der Waals surface area contributed by atoms with Gasteiger partial charge in [-0.1, -0.05) is 12.1 Å². The van der Waals surface area contributed by atoms with Crippen molar-refractivity contribution in [2.75, 3.05) is 26.3 Å². The third-order valence-electron chi connectivity index (χ3n) is 3.73. The van der Waals surface area contributed by atoms with Gasteiger partial charge in [-0.05, 0) is 42.8 Å². The average Bonchev–Trinajstić information content (AvgIpc) is 3.17. The van der Waals surface area contributed by atoms with Crippen molar-refractivity contribution in [3.05, 3.63) is 53.4 Å². The molecular weight excluding hydrogens is 362 g/mol. The first-order chi connectivity index (χ1) is 13.2. The molecule has 3 aromatic rings. The van der Waals surface area contributed by atoms with E-state index in [-0.39, 0.29) is 0 Å². The Kier molecular flexibility index (Phi) is 6.27. The van der Waals surface area contributed by atoms with Crippen LogP contribution in [0.3, 0.4) is 0 Å². The maximum atomic E-state index is 5.58. The summed E-state index contributed by atoms with van der Waals surface area (Å²) in [5.74, 6) is 2.20. The van der Waals surface area contributed by atoms with E-state index in [1.165, 1.54) is 11.3 Å². The first-order valence-electron chi connectivity index (χ1n) is 8.43. The molecule has 0 fully saturated rings. The smallest absolute Gasteiger partial charge is 0.203 e. The topological polar surface area (TPSA) is 65.0 Å². The number of ether oxygens (including phenoxy) is 3. The van der Waals surface area contributed by atoms with Crippen LogP contribution in [0.25, 0.3) is 11.3 Å². The van der Waals surface area contributed by atoms with Crippen LogP contribution < -0.4 is 19.6 Å². The molecule has 7 heteroatoms. The summed E-state index contributed by atoms with van der Waals surface area (Å²) in [6.45, 7) is 2.51. The van der Waals surface area contributed by atoms with Crippen molar-refractivity contribution in [1.82, 2.24) is 4.98 Å². The van der Waals surface area contributed by atoms with Gasteiger partial charge >= 0.3 is 0 Å². The van der Waals surface area contributed by atoms with Gasteiger partial charge in [0, 0.05) is 10.9 Å². The molecule has 6 nitrogen and oxygen atoms in total. The number of nitrogens with zero attached hydrogens (tertiary/aromatic N) is 2. The highest BCUT2D eigenvalue weighted by Crippen LogP contribution is 2.28. The van der Waals surface area contributed by atoms with Crippen LogP contribution in [0.5, 0.6) is 17.2 Å². The van der Waals surface area contributed by atoms with Crippen molar-refractivity contribution in [2.45, 2.75) is 6.92 Å². The molecule has 0 atom stereocenters. The normalized spacial score (nSPS) is 10.8. The number of hydrogen-bond donors (Lipinski definition) is 1. The van der Waals surface area contributed by atoms with Crippen LogP contribution in [0.4, 0.5) is 5.13 Å². The summed E-state index contributed by atoms with van der Waals surface area (Å²) < 4.78 is 16.1. The zero-order valence-electron chi connectivity index (χ0n) is 15.4. The second-order valence-electron chi connectivity index (χ2n) is 5.48. The van der Waals surface area contributed by atoms with Gasteiger partial charge in [0.2, 0.25) is 5.13 Å². The lowest BCUT2D eigenvalue weighted by atomic mass is 10.2. The van der Waals surface area contributed by atoms with E-state index >= 15 is 0 Å². The van der Waals surface area contributed by atoms with E-state index in [0.29, 0.717) is 23.2 Å². The van der Waals surface area contributed by atoms with Gasteiger partial charge in [-0.2, -0.15) is 5.10 Å². The second-order valence-corrected chi connectivity index (χ2v) is 6.34. The Bertz CT molecular complexity index is 924. The quantitative estimate of drug-likeness (QED) is 0.452. The number of aromatic nitrogens is 1. The van der Waals surface area contributed by atoms with E-state index in [2.05, 4.69) is 15.5 Å². The van der Waals surface area contributed by atoms with E-state index < -0.39 is 0 Å². The summed E-state index contributed by atoms with van der Waals surface area (Å²) in [5, 5.41) is 6.95. The third-order valence-corrected chi connectivity index (χ3v) is 4.48. The van der Waals surface area contributed by atoms with Crippen LogP contribution in [0.2, 0.25) is 0 Å². The van der Waals surface area contributed by atoms with Gasteiger partial charge in [-0.25, -0.2) is 4.98 Å². The number of rotatable bonds is 8. The molecule has 0 saturated heterocycles. The highest BCUT2D eigenvalue weighted by molar-refractivity contribution is 7.14. The number of benzene rings is 2. The summed E-state index contributed by atoms with van der Waals surface area (Å²) >= 11 is 1.49. The number of anilines is 1. The summed E-state index contributed by atoms with van der Waals surface area (Å²) in [7, 11) is 3.27. The second kappa shape index (κ2) is 9.05. The van der Waals surface area contributed by atoms with Crippen LogP contribution in [0.1, 0.15) is 12.5 Å². The minimum absolute atomic E-state index is 0.571. The van der Waals surface area contributed by atoms with Gasteiger partial charge in [-0.15, -0.1) is 11.3 Å². The fourth-order valence-electron chi connectivity index (χ4n) is 2.44. The maximum Gasteiger partial charge on any atom is 0.203 e. The van der Waals surface area contributed by atoms with Gasteiger partial charge in [0.1, 0.15) is 5.75 Å². The molecule has 0 bridgehead atoms. The fraction of sp³-hybridized carbons (Fsp3) is 0.200. The number of methoxy groups -OCH3 is 2. The van der Waals surface area contributed by atoms with E-state index in [1.807, 2.05) is 54.8 Å². The molecular formula is C20H21N3O3S. The lowest BCUT2D eigenvalue weighted by Crippen LogP contribution is -1.97. The highest BCUT2D eigenvalue weighted by Gasteiger charge is 2.06. The molecule has 1 aromatic heterocycles. The Hall–Kier alpha value is -3.06. The highest BCUT2D eigenvalue weighted by atomic mass is 32.1. The molecule has 140 valence electrons. The monoisotopic (exact) mass is 383 g/mol. The minimum atomic E-state index is 0.571. The van der Waals surface area contributed by atoms with Gasteiger partial charge in [0.25, 0.3) is 0 Å². The van der Waals surface area contributed by atoms with Gasteiger partial charge in [-0.3, -0.25) is 5.43 Å². The standard InChI is InChI=1S/C20H21N3O3S/c1-4-26-19-10-14(8-9-18(19)25-3)12-21-23-20-22-17(13-27-20)15-6-5-7-16(11-15)24-2/h5-13H,4H2,1-3H3,(H,22,23)/b21-12-. The first kappa shape index (κ1) is 18.7. The van der Waals surface area contributed by atoms with E-state index in [4.69, 9.17) is 14.2 Å². The summed E-state index contributed by atoms with van der Waals surface area (Å²) in [4.78, 5) is 4.55. The molecule has 0 radical (unpaired) electrons. The van der Waals surface area contributed by atoms with Crippen molar-refractivity contribution >= 4 is 22.7 Å². The zero-order valence-corrected chi connectivity index (χ0v) is 16.2. The maximum absolute atomic E-state index is 5.58. The molecule has 1 N–H and O–H groups in total. The van der Waals surface area contributed by atoms with E-state index in [1.54, 1.807) is 20.4 Å². The molecule has 0 unspecified atom stereocenters. The fourth-order valence-corrected chi connectivity index (χ4v) is 3.11. The Labute approximate surface area is 162 Å². The van der Waals surface area contributed by atoms with Crippen molar-refractivity contribution in [3.8, 4) is 28.5 Å². The Morgan fingerprint density at radius 1 is 1.11 bits per heavy atom. The Morgan fingerprint density at radius 2 is 2.00 bits per heavy atom. The minimum Gasteiger partial charge on any atom is -0.497 e. The number of nitrogens with one attached hydrogen (secondary N) is 1. The molecule has 0 saturated carbocycles. The van der Waals surface area contributed by atoms with Gasteiger partial charge in [0.15, 0.2) is 11.5 Å². The predicted molar refractivity (Wildman–Crippen MR) is 109 cm³/mol. The summed E-state index contributed by atoms with van der Waals surface area (Å²) in [6, 6.07) is 13.5. The van der Waals surface area contributed by atoms with Crippen LogP contribution >= 0.6 is 11.3 Å². The van der Waals surface area contributed by atoms with Crippen LogP contribution in [-0.2, 0) is 0 Å². The van der Waals surface area contributed by atoms with Crippen LogP contribution in [-0.4, -0.2) is 32.0 Å². The molecule has 0 amide bonds. The van der Waals surface area contributed by atoms with Crippen LogP contribution in [0, 0.1) is 0 Å². The molecule has 27 heavy (non-hydrogen) atoms. The number of hydrogen-bond acceptors (Lipinski definition) is 7. The summed E-state index contributed by atoms with van der Waals surface area (Å²) in [5.41, 5.74) is 5.74. The predicted octanol–water partition coefficient (Wildman–Crippen LogP) is 4.67. The molecule has 0 aliphatic heterocycles. The summed E-state index contributed by atoms with van der Waals surface area (Å²) in [6.07, 6.45) is 1.72. The third kappa shape index (κ3) is 4.77. The van der Waals surface area contributed by atoms with Crippen molar-refractivity contribution in [3.63, 3.8) is 0 Å². The number of hydrazone groups is 1. The van der Waals surface area contributed by atoms with E-state index in [9.17, 15) is 0 Å². The zero-order chi connectivity index (χ0) is 19.1. The van der Waals surface area contributed by atoms with Crippen LogP contribution in [0.15, 0.2) is 52.9 Å². The lowest BCUT2D eigenvalue weighted by Gasteiger charge is -2.09. The Morgan fingerprint density at radius 3 is 2.78 bits per heavy atom. The molecule has 0 spiro atoms. The lowest BCUT2D eigenvalue weighted by molar-refractivity contribution is 0.311. The number of thiazole rings is 1. The first-order valence-corrected chi connectivity index (χ1v) is 9.31. The van der Waals surface area contributed by atoms with Crippen molar-refractivity contribution in [2.24, 2.45) is 5.10 Å². The largest absolute Gasteiger partial charge is 0.497 e. The van der Waals surface area contributed by atoms with E-state index in [0.717, 1.165) is 22.6 Å². The van der Waals surface area contributed by atoms with Crippen molar-refractivity contribution < 1.29 is 14.2 Å². The molecule has 1 heterocycles. The SMILES string of the molecule is CCOc1cc(/C=N\Nc2nc(-c3cccc(OC)c3)cs2)ccc1OC. The Balaban J connectivity index is 1.68. The average molecular weight is 383 g/mol. The molecule has 0 aliphatic carbocycles. The molecule has 3 rings (SSSR count). The molecule has 2 aromatic carbocycles. The van der Waals surface area contributed by atoms with Gasteiger partial charge < -0.3 is 14.2 Å². The molecule has 0 aliphatic rings. The van der Waals surface area contributed by atoms with Gasteiger partial charge in [0.05, 0.1) is 32.7 Å².